The number of carboxylic acid groups (broad SMARTS) is 2. The van der Waals surface area contributed by atoms with Crippen molar-refractivity contribution in [1.29, 1.82) is 0 Å². The van der Waals surface area contributed by atoms with E-state index in [0.29, 0.717) is 5.69 Å². The molecule has 24 unspecified atom stereocenters. The van der Waals surface area contributed by atoms with E-state index >= 15 is 0 Å². The molecule has 5 aliphatic rings. The van der Waals surface area contributed by atoms with Crippen molar-refractivity contribution >= 4 is 17.6 Å². The van der Waals surface area contributed by atoms with Crippen LogP contribution in [0, 0.1) is 5.92 Å². The van der Waals surface area contributed by atoms with E-state index in [2.05, 4.69) is 0 Å². The van der Waals surface area contributed by atoms with Crippen LogP contribution >= 0.6 is 0 Å². The molecule has 1 aromatic carbocycles. The topological polar surface area (TPSA) is 548 Å². The molecule has 430 valence electrons. The lowest BCUT2D eigenvalue weighted by atomic mass is 9.87. The van der Waals surface area contributed by atoms with Gasteiger partial charge in [0.05, 0.1) is 63.4 Å². The van der Waals surface area contributed by atoms with Gasteiger partial charge in [-0.15, -0.1) is 0 Å². The summed E-state index contributed by atoms with van der Waals surface area (Å²) in [7, 11) is 0. The van der Waals surface area contributed by atoms with E-state index in [1.807, 2.05) is 0 Å². The van der Waals surface area contributed by atoms with Crippen LogP contribution in [0.25, 0.3) is 0 Å². The smallest absolute Gasteiger partial charge is 0.364 e. The van der Waals surface area contributed by atoms with Gasteiger partial charge < -0.3 is 151 Å². The third-order valence-electron chi connectivity index (χ3n) is 13.9. The molecule has 0 aromatic heterocycles. The standard InChI is InChI=1S/C43H69N3O29/c1-13-25(55)27(57)19(9-48)67-37(13)71-33-22(12-51)69-39(70-32-21(11-50)68-38(30(60)29(32)59)66-15-4-2-14(44)3-5-15)31(61)36(33)75-43(41(64)65)7-17(53)24(46)35(74-43)28(58)20(10-49)72-42(40(62)63)6-16(52)23(45)34(73-42)26(56)18(54)8-47/h2-5,13,16-39,47-61H,6-12,44-46H2,1H3,(H,62,63)(H,64,65)/t13?,16?,17?,18-,19?,20?,21?,22?,23?,24?,25?,26-,27?,28-,29?,30?,31?,32?,33?,34?,35?,36?,37?,38?,39?,42?,43?/m1/s1. The summed E-state index contributed by atoms with van der Waals surface area (Å²) in [6.45, 7) is -4.15. The van der Waals surface area contributed by atoms with E-state index in [4.69, 9.17) is 64.6 Å². The first-order chi connectivity index (χ1) is 35.3. The molecule has 0 bridgehead atoms. The van der Waals surface area contributed by atoms with Gasteiger partial charge in [0.1, 0.15) is 103 Å². The molecule has 5 heterocycles. The molecule has 75 heavy (non-hydrogen) atoms. The van der Waals surface area contributed by atoms with Gasteiger partial charge in [0, 0.05) is 24.4 Å². The highest BCUT2D eigenvalue weighted by Crippen LogP contribution is 2.42. The SMILES string of the molecule is CC1C(OC2C(CO)OC(OC3C(CO)OC(Oc4ccc(N)cc4)C(O)C3O)C(O)C2OC2(C(=O)O)CC(O)C(N)C([C@H](O)C(CO)OC3(C(=O)O)CC(O)C(N)C([C@H](O)[C@H](O)CO)O3)O2)OC(CO)C(O)C1O. The first-order valence-corrected chi connectivity index (χ1v) is 23.7. The molecule has 1 aromatic rings. The average molecular weight is 1090 g/mol. The number of carbonyl (C=O) groups is 2. The molecule has 0 radical (unpaired) electrons. The van der Waals surface area contributed by atoms with Crippen LogP contribution in [0.1, 0.15) is 19.8 Å². The van der Waals surface area contributed by atoms with Crippen LogP contribution in [0.2, 0.25) is 0 Å². The summed E-state index contributed by atoms with van der Waals surface area (Å²) in [6.07, 6.45) is -46.2. The van der Waals surface area contributed by atoms with Crippen LogP contribution in [0.15, 0.2) is 24.3 Å². The Balaban J connectivity index is 1.34. The number of aliphatic hydroxyl groups excluding tert-OH is 15. The Morgan fingerprint density at radius 1 is 0.627 bits per heavy atom. The molecule has 5 aliphatic heterocycles. The van der Waals surface area contributed by atoms with Gasteiger partial charge in [-0.3, -0.25) is 0 Å². The van der Waals surface area contributed by atoms with E-state index in [1.165, 1.54) is 31.2 Å². The fourth-order valence-electron chi connectivity index (χ4n) is 9.43. The third-order valence-corrected chi connectivity index (χ3v) is 13.9. The maximum atomic E-state index is 13.6. The van der Waals surface area contributed by atoms with Crippen LogP contribution < -0.4 is 21.9 Å². The molecule has 32 nitrogen and oxygen atoms in total. The fraction of sp³-hybridized carbons (Fsp3) is 0.814. The van der Waals surface area contributed by atoms with Gasteiger partial charge in [0.25, 0.3) is 11.6 Å². The zero-order valence-electron chi connectivity index (χ0n) is 39.9. The van der Waals surface area contributed by atoms with Gasteiger partial charge in [-0.2, -0.15) is 0 Å². The highest BCUT2D eigenvalue weighted by molar-refractivity contribution is 5.76. The minimum atomic E-state index is -3.35. The number of benzene rings is 1. The molecule has 0 spiro atoms. The van der Waals surface area contributed by atoms with Gasteiger partial charge in [-0.25, -0.2) is 9.59 Å². The number of hydrogen-bond donors (Lipinski definition) is 20. The van der Waals surface area contributed by atoms with Crippen molar-refractivity contribution in [3.05, 3.63) is 24.3 Å². The van der Waals surface area contributed by atoms with Gasteiger partial charge >= 0.3 is 11.9 Å². The van der Waals surface area contributed by atoms with Crippen molar-refractivity contribution in [2.75, 3.05) is 38.8 Å². The Bertz CT molecular complexity index is 2000. The molecule has 32 heteroatoms. The maximum Gasteiger partial charge on any atom is 0.364 e. The summed E-state index contributed by atoms with van der Waals surface area (Å²) in [4.78, 5) is 26.4. The summed E-state index contributed by atoms with van der Waals surface area (Å²) >= 11 is 0. The highest BCUT2D eigenvalue weighted by atomic mass is 16.8. The molecule has 0 amide bonds. The van der Waals surface area contributed by atoms with Crippen LogP contribution in [-0.2, 0) is 52.2 Å². The van der Waals surface area contributed by atoms with Gasteiger partial charge in [0.2, 0.25) is 6.29 Å². The monoisotopic (exact) mass is 1090 g/mol. The van der Waals surface area contributed by atoms with Crippen LogP contribution in [0.4, 0.5) is 5.69 Å². The summed E-state index contributed by atoms with van der Waals surface area (Å²) < 4.78 is 57.9. The van der Waals surface area contributed by atoms with E-state index < -0.39 is 222 Å². The van der Waals surface area contributed by atoms with Crippen LogP contribution in [0.3, 0.4) is 0 Å². The predicted octanol–water partition coefficient (Wildman–Crippen LogP) is -10.6. The Kier molecular flexibility index (Phi) is 20.5. The lowest BCUT2D eigenvalue weighted by Gasteiger charge is -2.52. The van der Waals surface area contributed by atoms with E-state index in [1.54, 1.807) is 0 Å². The molecular formula is C43H69N3O29. The van der Waals surface area contributed by atoms with Crippen LogP contribution in [-0.4, -0.2) is 290 Å². The summed E-state index contributed by atoms with van der Waals surface area (Å²) in [5, 5.41) is 183. The van der Waals surface area contributed by atoms with E-state index in [9.17, 15) is 96.4 Å². The normalized spacial score (nSPS) is 44.3. The first-order valence-electron chi connectivity index (χ1n) is 23.7. The number of rotatable bonds is 21. The lowest BCUT2D eigenvalue weighted by molar-refractivity contribution is -0.402. The summed E-state index contributed by atoms with van der Waals surface area (Å²) in [5.41, 5.74) is 18.3. The molecule has 0 saturated carbocycles. The number of ether oxygens (including phenoxy) is 10. The second-order valence-corrected chi connectivity index (χ2v) is 19.0. The predicted molar refractivity (Wildman–Crippen MR) is 237 cm³/mol. The number of aliphatic hydroxyl groups is 15. The van der Waals surface area contributed by atoms with Crippen molar-refractivity contribution in [2.24, 2.45) is 17.4 Å². The van der Waals surface area contributed by atoms with Crippen molar-refractivity contribution in [3.63, 3.8) is 0 Å². The Hall–Kier alpha value is -3.28. The zero-order chi connectivity index (χ0) is 55.6. The third kappa shape index (κ3) is 12.6. The summed E-state index contributed by atoms with van der Waals surface area (Å²) in [5.74, 6) is -11.8. The number of nitrogen functional groups attached to an aromatic ring is 1. The van der Waals surface area contributed by atoms with Gasteiger partial charge in [0.15, 0.2) is 12.6 Å². The Morgan fingerprint density at radius 2 is 1.13 bits per heavy atom. The number of hydrogen-bond acceptors (Lipinski definition) is 30. The molecule has 27 atom stereocenters. The van der Waals surface area contributed by atoms with Crippen molar-refractivity contribution < 1.29 is 144 Å². The first kappa shape index (κ1) is 60.9. The number of carboxylic acids is 2. The summed E-state index contributed by atoms with van der Waals surface area (Å²) in [6, 6.07) is 2.22. The molecular weight excluding hydrogens is 1020 g/mol. The molecule has 0 aliphatic carbocycles. The van der Waals surface area contributed by atoms with Gasteiger partial charge in [-0.1, -0.05) is 6.92 Å². The number of nitrogens with two attached hydrogens (primary N) is 3. The van der Waals surface area contributed by atoms with Crippen molar-refractivity contribution in [3.8, 4) is 5.75 Å². The fourth-order valence-corrected chi connectivity index (χ4v) is 9.43. The largest absolute Gasteiger partial charge is 0.477 e. The molecule has 5 saturated heterocycles. The highest BCUT2D eigenvalue weighted by Gasteiger charge is 2.62. The van der Waals surface area contributed by atoms with Crippen LogP contribution in [0.5, 0.6) is 5.75 Å². The molecule has 5 fully saturated rings. The van der Waals surface area contributed by atoms with Crippen molar-refractivity contribution in [1.82, 2.24) is 0 Å². The zero-order valence-corrected chi connectivity index (χ0v) is 39.9. The molecule has 23 N–H and O–H groups in total. The van der Waals surface area contributed by atoms with Gasteiger partial charge in [-0.05, 0) is 24.3 Å². The van der Waals surface area contributed by atoms with E-state index in [0.717, 1.165) is 0 Å². The quantitative estimate of drug-likeness (QED) is 0.0508. The molecule has 6 rings (SSSR count). The average Bonchev–Trinajstić information content (AvgIpc) is 3.38. The minimum absolute atomic E-state index is 0.110. The second-order valence-electron chi connectivity index (χ2n) is 19.0. The number of aliphatic carboxylic acids is 2. The maximum absolute atomic E-state index is 13.6. The lowest BCUT2D eigenvalue weighted by Crippen LogP contribution is -2.71. The Labute approximate surface area is 425 Å². The number of anilines is 1. The second kappa shape index (κ2) is 25.2. The Morgan fingerprint density at radius 3 is 1.68 bits per heavy atom. The minimum Gasteiger partial charge on any atom is -0.477 e. The van der Waals surface area contributed by atoms with Crippen molar-refractivity contribution in [2.45, 2.75) is 178 Å². The van der Waals surface area contributed by atoms with E-state index in [-0.39, 0.29) is 5.75 Å².